The van der Waals surface area contributed by atoms with E-state index < -0.39 is 12.0 Å². The Bertz CT molecular complexity index is 759. The largest absolute Gasteiger partial charge is 0.497 e. The molecule has 1 amide bonds. The molecule has 1 N–H and O–H groups in total. The molecular formula is C20H22BrNO4. The molecule has 5 nitrogen and oxygen atoms in total. The maximum Gasteiger partial charge on any atom is 0.329 e. The van der Waals surface area contributed by atoms with E-state index in [4.69, 9.17) is 9.47 Å². The van der Waals surface area contributed by atoms with Crippen LogP contribution in [0.4, 0.5) is 0 Å². The minimum absolute atomic E-state index is 0.104. The minimum Gasteiger partial charge on any atom is -0.497 e. The number of benzene rings is 2. The summed E-state index contributed by atoms with van der Waals surface area (Å²) in [7, 11) is 1.56. The molecule has 0 heterocycles. The van der Waals surface area contributed by atoms with E-state index in [0.29, 0.717) is 11.3 Å². The molecule has 0 aromatic heterocycles. The Morgan fingerprint density at radius 2 is 1.81 bits per heavy atom. The molecule has 0 bridgehead atoms. The van der Waals surface area contributed by atoms with Crippen molar-refractivity contribution in [3.63, 3.8) is 0 Å². The normalized spacial score (nSPS) is 11.7. The molecule has 26 heavy (non-hydrogen) atoms. The van der Waals surface area contributed by atoms with Crippen LogP contribution in [0.15, 0.2) is 53.0 Å². The topological polar surface area (TPSA) is 64.6 Å². The second-order valence-corrected chi connectivity index (χ2v) is 7.08. The smallest absolute Gasteiger partial charge is 0.329 e. The number of hydrogen-bond donors (Lipinski definition) is 1. The van der Waals surface area contributed by atoms with Gasteiger partial charge in [0.15, 0.2) is 0 Å². The van der Waals surface area contributed by atoms with Gasteiger partial charge in [-0.3, -0.25) is 4.79 Å². The van der Waals surface area contributed by atoms with Crippen molar-refractivity contribution in [2.45, 2.75) is 26.5 Å². The number of esters is 1. The number of hydrogen-bond acceptors (Lipinski definition) is 4. The first-order valence-electron chi connectivity index (χ1n) is 8.26. The van der Waals surface area contributed by atoms with Crippen molar-refractivity contribution in [1.29, 1.82) is 0 Å². The average molecular weight is 420 g/mol. The van der Waals surface area contributed by atoms with Gasteiger partial charge in [-0.1, -0.05) is 41.9 Å². The summed E-state index contributed by atoms with van der Waals surface area (Å²) in [6.07, 6.45) is 0. The van der Waals surface area contributed by atoms with Crippen LogP contribution in [-0.4, -0.2) is 25.0 Å². The second kappa shape index (κ2) is 9.38. The first-order chi connectivity index (χ1) is 12.4. The van der Waals surface area contributed by atoms with Crippen LogP contribution in [0.5, 0.6) is 5.75 Å². The second-order valence-electron chi connectivity index (χ2n) is 6.16. The Labute approximate surface area is 161 Å². The van der Waals surface area contributed by atoms with E-state index in [1.807, 2.05) is 38.1 Å². The quantitative estimate of drug-likeness (QED) is 0.689. The van der Waals surface area contributed by atoms with Gasteiger partial charge in [0.25, 0.3) is 5.91 Å². The third kappa shape index (κ3) is 5.59. The van der Waals surface area contributed by atoms with Gasteiger partial charge in [-0.2, -0.15) is 0 Å². The molecule has 0 fully saturated rings. The Morgan fingerprint density at radius 1 is 1.12 bits per heavy atom. The van der Waals surface area contributed by atoms with E-state index in [9.17, 15) is 9.59 Å². The lowest BCUT2D eigenvalue weighted by Crippen LogP contribution is -2.45. The van der Waals surface area contributed by atoms with E-state index in [-0.39, 0.29) is 18.4 Å². The summed E-state index contributed by atoms with van der Waals surface area (Å²) < 4.78 is 11.4. The minimum atomic E-state index is -0.725. The predicted octanol–water partition coefficient (Wildman–Crippen LogP) is 3.96. The maximum atomic E-state index is 12.4. The van der Waals surface area contributed by atoms with Crippen LogP contribution >= 0.6 is 15.9 Å². The monoisotopic (exact) mass is 419 g/mol. The number of rotatable bonds is 7. The van der Waals surface area contributed by atoms with Crippen LogP contribution in [0.25, 0.3) is 0 Å². The zero-order chi connectivity index (χ0) is 19.1. The summed E-state index contributed by atoms with van der Waals surface area (Å²) in [5.41, 5.74) is 1.33. The fourth-order valence-electron chi connectivity index (χ4n) is 2.34. The van der Waals surface area contributed by atoms with Gasteiger partial charge in [-0.05, 0) is 47.9 Å². The lowest BCUT2D eigenvalue weighted by Gasteiger charge is -2.21. The van der Waals surface area contributed by atoms with E-state index in [1.54, 1.807) is 31.4 Å². The van der Waals surface area contributed by atoms with Gasteiger partial charge >= 0.3 is 5.97 Å². The van der Waals surface area contributed by atoms with Gasteiger partial charge in [0, 0.05) is 10.0 Å². The number of methoxy groups -OCH3 is 1. The van der Waals surface area contributed by atoms with Crippen molar-refractivity contribution in [1.82, 2.24) is 5.32 Å². The summed E-state index contributed by atoms with van der Waals surface area (Å²) in [5, 5.41) is 2.75. The molecule has 0 saturated carbocycles. The maximum absolute atomic E-state index is 12.4. The molecule has 1 atom stereocenters. The lowest BCUT2D eigenvalue weighted by atomic mass is 10.0. The van der Waals surface area contributed by atoms with E-state index in [0.717, 1.165) is 10.0 Å². The molecule has 0 saturated heterocycles. The third-order valence-electron chi connectivity index (χ3n) is 3.83. The molecule has 2 aromatic rings. The summed E-state index contributed by atoms with van der Waals surface area (Å²) in [6.45, 7) is 3.87. The van der Waals surface area contributed by atoms with E-state index >= 15 is 0 Å². The van der Waals surface area contributed by atoms with Gasteiger partial charge in [-0.15, -0.1) is 0 Å². The van der Waals surface area contributed by atoms with E-state index in [1.165, 1.54) is 0 Å². The van der Waals surface area contributed by atoms with E-state index in [2.05, 4.69) is 21.2 Å². The Morgan fingerprint density at radius 3 is 2.38 bits per heavy atom. The fourth-order valence-corrected chi connectivity index (χ4v) is 2.78. The Kier molecular flexibility index (Phi) is 7.21. The summed E-state index contributed by atoms with van der Waals surface area (Å²) in [4.78, 5) is 24.9. The van der Waals surface area contributed by atoms with Crippen molar-refractivity contribution in [3.8, 4) is 5.75 Å². The fraction of sp³-hybridized carbons (Fsp3) is 0.300. The zero-order valence-corrected chi connectivity index (χ0v) is 16.6. The number of halogens is 1. The molecule has 138 valence electrons. The average Bonchev–Trinajstić information content (AvgIpc) is 2.64. The van der Waals surface area contributed by atoms with Crippen LogP contribution in [0.3, 0.4) is 0 Å². The van der Waals surface area contributed by atoms with Crippen molar-refractivity contribution in [3.05, 3.63) is 64.1 Å². The molecule has 0 aliphatic rings. The van der Waals surface area contributed by atoms with Gasteiger partial charge in [0.2, 0.25) is 0 Å². The SMILES string of the molecule is COc1ccc(C(=O)NC(C(=O)OCc2cccc(Br)c2)C(C)C)cc1. The van der Waals surface area contributed by atoms with Crippen LogP contribution in [-0.2, 0) is 16.1 Å². The van der Waals surface area contributed by atoms with Gasteiger partial charge in [-0.25, -0.2) is 4.79 Å². The van der Waals surface area contributed by atoms with Crippen molar-refractivity contribution >= 4 is 27.8 Å². The molecule has 2 rings (SSSR count). The van der Waals surface area contributed by atoms with Crippen molar-refractivity contribution in [2.24, 2.45) is 5.92 Å². The Hall–Kier alpha value is -2.34. The highest BCUT2D eigenvalue weighted by Crippen LogP contribution is 2.15. The highest BCUT2D eigenvalue weighted by Gasteiger charge is 2.26. The molecule has 6 heteroatoms. The van der Waals surface area contributed by atoms with Crippen LogP contribution in [0.2, 0.25) is 0 Å². The molecular weight excluding hydrogens is 398 g/mol. The Balaban J connectivity index is 2.00. The highest BCUT2D eigenvalue weighted by molar-refractivity contribution is 9.10. The summed E-state index contributed by atoms with van der Waals surface area (Å²) >= 11 is 3.38. The predicted molar refractivity (Wildman–Crippen MR) is 103 cm³/mol. The summed E-state index contributed by atoms with van der Waals surface area (Å²) in [5.74, 6) is -0.227. The number of carbonyl (C=O) groups is 2. The standard InChI is InChI=1S/C20H22BrNO4/c1-13(2)18(20(24)26-12-14-5-4-6-16(21)11-14)22-19(23)15-7-9-17(25-3)10-8-15/h4-11,13,18H,12H2,1-3H3,(H,22,23). The van der Waals surface area contributed by atoms with Crippen LogP contribution < -0.4 is 10.1 Å². The molecule has 0 aliphatic carbocycles. The number of ether oxygens (including phenoxy) is 2. The third-order valence-corrected chi connectivity index (χ3v) is 4.32. The van der Waals surface area contributed by atoms with Crippen LogP contribution in [0.1, 0.15) is 29.8 Å². The molecule has 0 spiro atoms. The first kappa shape index (κ1) is 20.0. The summed E-state index contributed by atoms with van der Waals surface area (Å²) in [6, 6.07) is 13.5. The van der Waals surface area contributed by atoms with Crippen molar-refractivity contribution < 1.29 is 19.1 Å². The first-order valence-corrected chi connectivity index (χ1v) is 9.06. The zero-order valence-electron chi connectivity index (χ0n) is 15.0. The number of nitrogens with one attached hydrogen (secondary N) is 1. The molecule has 2 aromatic carbocycles. The highest BCUT2D eigenvalue weighted by atomic mass is 79.9. The number of amides is 1. The van der Waals surface area contributed by atoms with Gasteiger partial charge in [0.05, 0.1) is 7.11 Å². The van der Waals surface area contributed by atoms with Gasteiger partial charge < -0.3 is 14.8 Å². The number of carbonyl (C=O) groups excluding carboxylic acids is 2. The van der Waals surface area contributed by atoms with Crippen molar-refractivity contribution in [2.75, 3.05) is 7.11 Å². The van der Waals surface area contributed by atoms with Crippen LogP contribution in [0, 0.1) is 5.92 Å². The molecule has 0 radical (unpaired) electrons. The van der Waals surface area contributed by atoms with Gasteiger partial charge in [0.1, 0.15) is 18.4 Å². The molecule has 1 unspecified atom stereocenters. The molecule has 0 aliphatic heterocycles. The lowest BCUT2D eigenvalue weighted by molar-refractivity contribution is -0.148.